The van der Waals surface area contributed by atoms with Crippen LogP contribution in [0.25, 0.3) is 5.69 Å². The maximum Gasteiger partial charge on any atom is 0.237 e. The van der Waals surface area contributed by atoms with Gasteiger partial charge in [0.1, 0.15) is 5.82 Å². The van der Waals surface area contributed by atoms with E-state index >= 15 is 0 Å². The molecule has 0 atom stereocenters. The molecule has 148 valence electrons. The maximum atomic E-state index is 13.5. The number of rotatable bonds is 7. The van der Waals surface area contributed by atoms with Gasteiger partial charge in [-0.25, -0.2) is 4.39 Å². The lowest BCUT2D eigenvalue weighted by molar-refractivity contribution is -0.116. The molecule has 1 amide bonds. The number of thioether (sulfide) groups is 1. The van der Waals surface area contributed by atoms with Gasteiger partial charge in [0, 0.05) is 12.2 Å². The average molecular weight is 410 g/mol. The molecule has 2 aromatic carbocycles. The predicted octanol–water partition coefficient (Wildman–Crippen LogP) is 3.46. The number of hydrogen-bond donors (Lipinski definition) is 0. The number of aryl methyl sites for hydroxylation is 2. The van der Waals surface area contributed by atoms with E-state index in [0.29, 0.717) is 17.4 Å². The molecular formula is C20H19FN6OS. The molecular weight excluding hydrogens is 391 g/mol. The predicted molar refractivity (Wildman–Crippen MR) is 108 cm³/mol. The van der Waals surface area contributed by atoms with E-state index in [4.69, 9.17) is 5.26 Å². The summed E-state index contributed by atoms with van der Waals surface area (Å²) in [7, 11) is 0. The third-order valence-electron chi connectivity index (χ3n) is 4.08. The van der Waals surface area contributed by atoms with Crippen LogP contribution in [-0.2, 0) is 4.79 Å². The van der Waals surface area contributed by atoms with Gasteiger partial charge in [-0.1, -0.05) is 23.9 Å². The second kappa shape index (κ2) is 9.30. The van der Waals surface area contributed by atoms with Crippen LogP contribution in [0.3, 0.4) is 0 Å². The van der Waals surface area contributed by atoms with E-state index in [0.717, 1.165) is 28.6 Å². The van der Waals surface area contributed by atoms with Gasteiger partial charge in [-0.3, -0.25) is 4.79 Å². The van der Waals surface area contributed by atoms with E-state index in [-0.39, 0.29) is 18.1 Å². The Bertz CT molecular complexity index is 1040. The number of carbonyl (C=O) groups is 1. The van der Waals surface area contributed by atoms with Gasteiger partial charge < -0.3 is 4.90 Å². The smallest absolute Gasteiger partial charge is 0.237 e. The summed E-state index contributed by atoms with van der Waals surface area (Å²) < 4.78 is 14.9. The van der Waals surface area contributed by atoms with Crippen LogP contribution in [0, 0.1) is 31.0 Å². The number of nitriles is 1. The highest BCUT2D eigenvalue weighted by Gasteiger charge is 2.19. The van der Waals surface area contributed by atoms with Crippen molar-refractivity contribution in [3.63, 3.8) is 0 Å². The Morgan fingerprint density at radius 1 is 1.24 bits per heavy atom. The lowest BCUT2D eigenvalue weighted by Crippen LogP contribution is -2.33. The van der Waals surface area contributed by atoms with Crippen LogP contribution in [0.15, 0.2) is 47.6 Å². The minimum Gasteiger partial charge on any atom is -0.311 e. The van der Waals surface area contributed by atoms with Crippen LogP contribution in [0.5, 0.6) is 0 Å². The van der Waals surface area contributed by atoms with Crippen molar-refractivity contribution in [1.29, 1.82) is 5.26 Å². The summed E-state index contributed by atoms with van der Waals surface area (Å²) in [5.74, 6) is -0.486. The van der Waals surface area contributed by atoms with Gasteiger partial charge in [-0.2, -0.15) is 9.94 Å². The minimum atomic E-state index is -0.400. The van der Waals surface area contributed by atoms with Gasteiger partial charge in [-0.15, -0.1) is 5.10 Å². The molecule has 0 bridgehead atoms. The van der Waals surface area contributed by atoms with Gasteiger partial charge in [0.2, 0.25) is 11.1 Å². The highest BCUT2D eigenvalue weighted by Crippen LogP contribution is 2.23. The number of amides is 1. The van der Waals surface area contributed by atoms with E-state index in [9.17, 15) is 9.18 Å². The lowest BCUT2D eigenvalue weighted by atomic mass is 10.1. The fraction of sp³-hybridized carbons (Fsp3) is 0.250. The molecule has 7 nitrogen and oxygen atoms in total. The van der Waals surface area contributed by atoms with Crippen molar-refractivity contribution in [1.82, 2.24) is 20.2 Å². The van der Waals surface area contributed by atoms with Crippen LogP contribution >= 0.6 is 11.8 Å². The van der Waals surface area contributed by atoms with Crippen molar-refractivity contribution in [3.05, 3.63) is 59.4 Å². The molecule has 1 heterocycles. The molecule has 3 rings (SSSR count). The van der Waals surface area contributed by atoms with Crippen LogP contribution < -0.4 is 4.90 Å². The van der Waals surface area contributed by atoms with Crippen LogP contribution in [0.1, 0.15) is 17.5 Å². The lowest BCUT2D eigenvalue weighted by Gasteiger charge is -2.22. The van der Waals surface area contributed by atoms with Crippen molar-refractivity contribution in [3.8, 4) is 11.8 Å². The number of tetrazole rings is 1. The monoisotopic (exact) mass is 410 g/mol. The van der Waals surface area contributed by atoms with Crippen molar-refractivity contribution in [2.75, 3.05) is 17.2 Å². The number of benzene rings is 2. The van der Waals surface area contributed by atoms with Crippen LogP contribution in [-0.4, -0.2) is 38.4 Å². The number of nitrogens with zero attached hydrogens (tertiary/aromatic N) is 6. The Hall–Kier alpha value is -3.25. The number of halogens is 1. The zero-order chi connectivity index (χ0) is 20.8. The second-order valence-electron chi connectivity index (χ2n) is 6.44. The molecule has 9 heteroatoms. The summed E-state index contributed by atoms with van der Waals surface area (Å²) in [6, 6.07) is 13.8. The van der Waals surface area contributed by atoms with Gasteiger partial charge >= 0.3 is 0 Å². The van der Waals surface area contributed by atoms with Gasteiger partial charge in [-0.05, 0) is 65.7 Å². The Morgan fingerprint density at radius 2 is 2.00 bits per heavy atom. The molecule has 1 aromatic heterocycles. The standard InChI is InChI=1S/C20H19FN6OS/c1-14-9-15(2)11-18(10-14)26(8-4-7-22)19(28)13-29-20-23-24-25-27(20)17-6-3-5-16(21)12-17/h3,5-6,9-12H,4,8,13H2,1-2H3. The van der Waals surface area contributed by atoms with E-state index in [2.05, 4.69) is 21.6 Å². The summed E-state index contributed by atoms with van der Waals surface area (Å²) in [6.45, 7) is 4.23. The van der Waals surface area contributed by atoms with Crippen LogP contribution in [0.4, 0.5) is 10.1 Å². The quantitative estimate of drug-likeness (QED) is 0.555. The maximum absolute atomic E-state index is 13.5. The number of carbonyl (C=O) groups excluding carboxylic acids is 1. The van der Waals surface area contributed by atoms with Crippen LogP contribution in [0.2, 0.25) is 0 Å². The molecule has 0 aliphatic rings. The van der Waals surface area contributed by atoms with Crippen molar-refractivity contribution < 1.29 is 9.18 Å². The average Bonchev–Trinajstić information content (AvgIpc) is 3.14. The van der Waals surface area contributed by atoms with E-state index in [1.165, 1.54) is 16.8 Å². The first-order valence-electron chi connectivity index (χ1n) is 8.90. The Morgan fingerprint density at radius 3 is 2.69 bits per heavy atom. The first kappa shape index (κ1) is 20.5. The molecule has 3 aromatic rings. The molecule has 0 N–H and O–H groups in total. The Balaban J connectivity index is 1.78. The fourth-order valence-corrected chi connectivity index (χ4v) is 3.68. The summed E-state index contributed by atoms with van der Waals surface area (Å²) in [4.78, 5) is 14.5. The van der Waals surface area contributed by atoms with E-state index < -0.39 is 5.82 Å². The van der Waals surface area contributed by atoms with E-state index in [1.54, 1.807) is 17.0 Å². The topological polar surface area (TPSA) is 87.7 Å². The third-order valence-corrected chi connectivity index (χ3v) is 4.99. The molecule has 0 aliphatic heterocycles. The zero-order valence-corrected chi connectivity index (χ0v) is 16.9. The molecule has 0 saturated heterocycles. The summed E-state index contributed by atoms with van der Waals surface area (Å²) in [5.41, 5.74) is 3.31. The summed E-state index contributed by atoms with van der Waals surface area (Å²) >= 11 is 1.16. The van der Waals surface area contributed by atoms with Gasteiger partial charge in [0.15, 0.2) is 0 Å². The normalized spacial score (nSPS) is 10.6. The van der Waals surface area contributed by atoms with Crippen molar-refractivity contribution in [2.24, 2.45) is 0 Å². The summed E-state index contributed by atoms with van der Waals surface area (Å²) in [6.07, 6.45) is 0.227. The first-order chi connectivity index (χ1) is 14.0. The first-order valence-corrected chi connectivity index (χ1v) is 9.89. The number of hydrogen-bond acceptors (Lipinski definition) is 6. The number of anilines is 1. The molecule has 0 radical (unpaired) electrons. The largest absolute Gasteiger partial charge is 0.311 e. The molecule has 0 aliphatic carbocycles. The SMILES string of the molecule is Cc1cc(C)cc(N(CCC#N)C(=O)CSc2nnnn2-c2cccc(F)c2)c1. The third kappa shape index (κ3) is 5.18. The number of aromatic nitrogens is 4. The van der Waals surface area contributed by atoms with Crippen molar-refractivity contribution in [2.45, 2.75) is 25.4 Å². The summed E-state index contributed by atoms with van der Waals surface area (Å²) in [5, 5.41) is 20.8. The van der Waals surface area contributed by atoms with Crippen molar-refractivity contribution >= 4 is 23.4 Å². The highest BCUT2D eigenvalue weighted by molar-refractivity contribution is 7.99. The molecule has 29 heavy (non-hydrogen) atoms. The van der Waals surface area contributed by atoms with Gasteiger partial charge in [0.25, 0.3) is 0 Å². The Kier molecular flexibility index (Phi) is 6.57. The van der Waals surface area contributed by atoms with E-state index in [1.807, 2.05) is 32.0 Å². The Labute approximate surface area is 172 Å². The minimum absolute atomic E-state index is 0.0775. The zero-order valence-electron chi connectivity index (χ0n) is 16.0. The molecule has 0 fully saturated rings. The molecule has 0 unspecified atom stereocenters. The molecule has 0 spiro atoms. The highest BCUT2D eigenvalue weighted by atomic mass is 32.2. The van der Waals surface area contributed by atoms with Gasteiger partial charge in [0.05, 0.1) is 23.9 Å². The fourth-order valence-electron chi connectivity index (χ4n) is 2.91. The second-order valence-corrected chi connectivity index (χ2v) is 7.38. The molecule has 0 saturated carbocycles.